The molecule has 0 saturated heterocycles. The smallest absolute Gasteiger partial charge is 0.236 e. The van der Waals surface area contributed by atoms with E-state index >= 15 is 0 Å². The zero-order valence-corrected chi connectivity index (χ0v) is 11.6. The van der Waals surface area contributed by atoms with Gasteiger partial charge in [0.25, 0.3) is 0 Å². The zero-order chi connectivity index (χ0) is 14.4. The Morgan fingerprint density at radius 2 is 1.84 bits per heavy atom. The largest absolute Gasteiger partial charge is 0.481 e. The van der Waals surface area contributed by atoms with E-state index in [9.17, 15) is 4.79 Å². The van der Waals surface area contributed by atoms with Crippen molar-refractivity contribution in [3.05, 3.63) is 6.07 Å². The fourth-order valence-corrected chi connectivity index (χ4v) is 1.29. The molecule has 0 bridgehead atoms. The summed E-state index contributed by atoms with van der Waals surface area (Å²) in [5.41, 5.74) is 5.83. The molecule has 1 aromatic rings. The second kappa shape index (κ2) is 6.89. The monoisotopic (exact) mass is 268 g/mol. The summed E-state index contributed by atoms with van der Waals surface area (Å²) < 4.78 is 9.98. The molecule has 19 heavy (non-hydrogen) atoms. The summed E-state index contributed by atoms with van der Waals surface area (Å²) in [5, 5.41) is 2.58. The van der Waals surface area contributed by atoms with Crippen LogP contribution in [-0.2, 0) is 4.79 Å². The van der Waals surface area contributed by atoms with Gasteiger partial charge in [-0.2, -0.15) is 9.97 Å². The van der Waals surface area contributed by atoms with Crippen LogP contribution in [0.15, 0.2) is 6.07 Å². The lowest BCUT2D eigenvalue weighted by atomic mass is 10.0. The van der Waals surface area contributed by atoms with E-state index in [-0.39, 0.29) is 30.2 Å². The second-order valence-electron chi connectivity index (χ2n) is 4.44. The van der Waals surface area contributed by atoms with E-state index in [4.69, 9.17) is 15.2 Å². The highest BCUT2D eigenvalue weighted by atomic mass is 16.5. The second-order valence-corrected chi connectivity index (χ2v) is 4.44. The minimum Gasteiger partial charge on any atom is -0.481 e. The molecule has 0 saturated carbocycles. The summed E-state index contributed by atoms with van der Waals surface area (Å²) in [6.07, 6.45) is 0.209. The van der Waals surface area contributed by atoms with Gasteiger partial charge in [-0.3, -0.25) is 10.1 Å². The standard InChI is InChI=1S/C12H20N4O3/c1-7(2)8(13)5-9(17)14-12-15-10(18-3)6-11(16-12)19-4/h6-8H,5,13H2,1-4H3,(H,14,15,16,17). The molecule has 3 N–H and O–H groups in total. The van der Waals surface area contributed by atoms with Crippen LogP contribution in [0.2, 0.25) is 0 Å². The number of hydrogen-bond donors (Lipinski definition) is 2. The lowest BCUT2D eigenvalue weighted by Crippen LogP contribution is -2.31. The number of amides is 1. The number of anilines is 1. The zero-order valence-electron chi connectivity index (χ0n) is 11.6. The number of aromatic nitrogens is 2. The Morgan fingerprint density at radius 3 is 2.26 bits per heavy atom. The Morgan fingerprint density at radius 1 is 1.32 bits per heavy atom. The van der Waals surface area contributed by atoms with Crippen LogP contribution in [-0.4, -0.2) is 36.1 Å². The average molecular weight is 268 g/mol. The van der Waals surface area contributed by atoms with Gasteiger partial charge >= 0.3 is 0 Å². The summed E-state index contributed by atoms with van der Waals surface area (Å²) >= 11 is 0. The van der Waals surface area contributed by atoms with Crippen molar-refractivity contribution in [1.82, 2.24) is 9.97 Å². The molecule has 0 aromatic carbocycles. The highest BCUT2D eigenvalue weighted by Gasteiger charge is 2.15. The van der Waals surface area contributed by atoms with E-state index < -0.39 is 0 Å². The first kappa shape index (κ1) is 15.2. The predicted octanol–water partition coefficient (Wildman–Crippen LogP) is 0.806. The van der Waals surface area contributed by atoms with Crippen LogP contribution in [0.25, 0.3) is 0 Å². The van der Waals surface area contributed by atoms with E-state index in [1.54, 1.807) is 0 Å². The molecule has 106 valence electrons. The quantitative estimate of drug-likeness (QED) is 0.792. The fourth-order valence-electron chi connectivity index (χ4n) is 1.29. The molecule has 1 unspecified atom stereocenters. The molecule has 1 amide bonds. The van der Waals surface area contributed by atoms with Gasteiger partial charge < -0.3 is 15.2 Å². The lowest BCUT2D eigenvalue weighted by Gasteiger charge is -2.14. The molecule has 7 heteroatoms. The van der Waals surface area contributed by atoms with E-state index in [0.717, 1.165) is 0 Å². The number of carbonyl (C=O) groups excluding carboxylic acids is 1. The molecule has 0 spiro atoms. The molecular formula is C12H20N4O3. The molecule has 0 aliphatic heterocycles. The van der Waals surface area contributed by atoms with Crippen molar-refractivity contribution in [3.8, 4) is 11.8 Å². The summed E-state index contributed by atoms with van der Waals surface area (Å²) in [5.74, 6) is 0.755. The van der Waals surface area contributed by atoms with Gasteiger partial charge in [-0.15, -0.1) is 0 Å². The summed E-state index contributed by atoms with van der Waals surface area (Å²) in [6.45, 7) is 3.92. The third-order valence-corrected chi connectivity index (χ3v) is 2.63. The van der Waals surface area contributed by atoms with Gasteiger partial charge in [0.05, 0.1) is 20.3 Å². The Labute approximate surface area is 112 Å². The summed E-state index contributed by atoms with van der Waals surface area (Å²) in [7, 11) is 2.95. The lowest BCUT2D eigenvalue weighted by molar-refractivity contribution is -0.116. The third kappa shape index (κ3) is 4.70. The normalized spacial score (nSPS) is 12.1. The number of nitrogens with zero attached hydrogens (tertiary/aromatic N) is 2. The first-order valence-corrected chi connectivity index (χ1v) is 5.98. The Balaban J connectivity index is 2.73. The van der Waals surface area contributed by atoms with Crippen LogP contribution in [0.4, 0.5) is 5.95 Å². The Kier molecular flexibility index (Phi) is 5.50. The van der Waals surface area contributed by atoms with Crippen molar-refractivity contribution in [2.75, 3.05) is 19.5 Å². The van der Waals surface area contributed by atoms with Gasteiger partial charge in [-0.05, 0) is 5.92 Å². The van der Waals surface area contributed by atoms with Crippen LogP contribution >= 0.6 is 0 Å². The molecule has 0 aliphatic carbocycles. The minimum atomic E-state index is -0.239. The summed E-state index contributed by atoms with van der Waals surface area (Å²) in [6, 6.07) is 1.32. The van der Waals surface area contributed by atoms with Crippen LogP contribution in [0, 0.1) is 5.92 Å². The van der Waals surface area contributed by atoms with Gasteiger partial charge in [0.2, 0.25) is 23.6 Å². The molecule has 0 aliphatic rings. The molecule has 1 atom stereocenters. The number of nitrogens with two attached hydrogens (primary N) is 1. The number of nitrogens with one attached hydrogen (secondary N) is 1. The predicted molar refractivity (Wildman–Crippen MR) is 71.2 cm³/mol. The van der Waals surface area contributed by atoms with Gasteiger partial charge in [-0.1, -0.05) is 13.8 Å². The Bertz CT molecular complexity index is 415. The van der Waals surface area contributed by atoms with Gasteiger partial charge in [0.1, 0.15) is 0 Å². The fraction of sp³-hybridized carbons (Fsp3) is 0.583. The van der Waals surface area contributed by atoms with E-state index in [0.29, 0.717) is 11.8 Å². The number of rotatable bonds is 6. The molecule has 1 rings (SSSR count). The van der Waals surface area contributed by atoms with Crippen LogP contribution < -0.4 is 20.5 Å². The van der Waals surface area contributed by atoms with Crippen molar-refractivity contribution >= 4 is 11.9 Å². The Hall–Kier alpha value is -1.89. The third-order valence-electron chi connectivity index (χ3n) is 2.63. The van der Waals surface area contributed by atoms with Gasteiger partial charge in [-0.25, -0.2) is 0 Å². The van der Waals surface area contributed by atoms with E-state index in [1.807, 2.05) is 13.8 Å². The molecule has 1 heterocycles. The average Bonchev–Trinajstić information content (AvgIpc) is 2.37. The summed E-state index contributed by atoms with van der Waals surface area (Å²) in [4.78, 5) is 19.8. The molecule has 1 aromatic heterocycles. The van der Waals surface area contributed by atoms with Gasteiger partial charge in [0.15, 0.2) is 0 Å². The number of ether oxygens (including phenoxy) is 2. The number of carbonyl (C=O) groups is 1. The van der Waals surface area contributed by atoms with Crippen molar-refractivity contribution in [2.24, 2.45) is 11.7 Å². The highest BCUT2D eigenvalue weighted by Crippen LogP contribution is 2.17. The maximum atomic E-state index is 11.8. The van der Waals surface area contributed by atoms with Crippen molar-refractivity contribution in [2.45, 2.75) is 26.3 Å². The molecule has 7 nitrogen and oxygen atoms in total. The molecule has 0 radical (unpaired) electrons. The number of methoxy groups -OCH3 is 2. The maximum absolute atomic E-state index is 11.8. The topological polar surface area (TPSA) is 99.4 Å². The SMILES string of the molecule is COc1cc(OC)nc(NC(=O)CC(N)C(C)C)n1. The number of hydrogen-bond acceptors (Lipinski definition) is 6. The first-order chi connectivity index (χ1) is 8.96. The van der Waals surface area contributed by atoms with Crippen molar-refractivity contribution in [3.63, 3.8) is 0 Å². The minimum absolute atomic E-state index is 0.136. The van der Waals surface area contributed by atoms with Gasteiger partial charge in [0, 0.05) is 12.5 Å². The highest BCUT2D eigenvalue weighted by molar-refractivity contribution is 5.89. The van der Waals surface area contributed by atoms with Crippen molar-refractivity contribution in [1.29, 1.82) is 0 Å². The molecule has 0 fully saturated rings. The molecular weight excluding hydrogens is 248 g/mol. The maximum Gasteiger partial charge on any atom is 0.236 e. The van der Waals surface area contributed by atoms with Crippen molar-refractivity contribution < 1.29 is 14.3 Å². The van der Waals surface area contributed by atoms with Crippen LogP contribution in [0.1, 0.15) is 20.3 Å². The van der Waals surface area contributed by atoms with E-state index in [1.165, 1.54) is 20.3 Å². The van der Waals surface area contributed by atoms with Crippen LogP contribution in [0.3, 0.4) is 0 Å². The van der Waals surface area contributed by atoms with E-state index in [2.05, 4.69) is 15.3 Å². The first-order valence-electron chi connectivity index (χ1n) is 5.98. The van der Waals surface area contributed by atoms with Crippen LogP contribution in [0.5, 0.6) is 11.8 Å².